The second kappa shape index (κ2) is 5.54. The Kier molecular flexibility index (Phi) is 4.06. The largest absolute Gasteiger partial charge is 0.338 e. The van der Waals surface area contributed by atoms with Crippen molar-refractivity contribution in [2.24, 2.45) is 0 Å². The summed E-state index contributed by atoms with van der Waals surface area (Å²) in [6.45, 7) is 3.67. The standard InChI is InChI=1S/C14H18ClNO/c1-2-3-4-14(17)16-8-7-11-5-6-13(15)9-12(11)10-16/h5-6,9H,2-4,7-8,10H2,1H3. The third-order valence-electron chi connectivity index (χ3n) is 3.28. The first-order valence-electron chi connectivity index (χ1n) is 6.25. The van der Waals surface area contributed by atoms with E-state index in [1.165, 1.54) is 11.1 Å². The number of carbonyl (C=O) groups excluding carboxylic acids is 1. The Morgan fingerprint density at radius 1 is 1.41 bits per heavy atom. The maximum atomic E-state index is 11.9. The lowest BCUT2D eigenvalue weighted by Gasteiger charge is -2.29. The minimum Gasteiger partial charge on any atom is -0.338 e. The molecule has 1 aromatic carbocycles. The molecule has 1 heterocycles. The molecular formula is C14H18ClNO. The van der Waals surface area contributed by atoms with Crippen LogP contribution in [0.15, 0.2) is 18.2 Å². The van der Waals surface area contributed by atoms with Crippen molar-refractivity contribution >= 4 is 17.5 Å². The summed E-state index contributed by atoms with van der Waals surface area (Å²) in [5.41, 5.74) is 2.53. The molecule has 0 atom stereocenters. The van der Waals surface area contributed by atoms with E-state index in [0.29, 0.717) is 6.42 Å². The van der Waals surface area contributed by atoms with Gasteiger partial charge in [-0.05, 0) is 36.1 Å². The number of fused-ring (bicyclic) bond motifs is 1. The number of halogens is 1. The van der Waals surface area contributed by atoms with Gasteiger partial charge in [0.15, 0.2) is 0 Å². The lowest BCUT2D eigenvalue weighted by molar-refractivity contribution is -0.132. The number of hydrogen-bond acceptors (Lipinski definition) is 1. The molecule has 0 N–H and O–H groups in total. The highest BCUT2D eigenvalue weighted by molar-refractivity contribution is 6.30. The van der Waals surface area contributed by atoms with E-state index in [1.807, 2.05) is 17.0 Å². The molecule has 0 saturated carbocycles. The SMILES string of the molecule is CCCCC(=O)N1CCc2ccc(Cl)cc2C1. The molecule has 17 heavy (non-hydrogen) atoms. The first-order chi connectivity index (χ1) is 8.20. The molecule has 2 nitrogen and oxygen atoms in total. The average Bonchev–Trinajstić information content (AvgIpc) is 2.35. The predicted octanol–water partition coefficient (Wildman–Crippen LogP) is 3.41. The number of carbonyl (C=O) groups is 1. The Labute approximate surface area is 108 Å². The van der Waals surface area contributed by atoms with Gasteiger partial charge in [-0.2, -0.15) is 0 Å². The zero-order valence-electron chi connectivity index (χ0n) is 10.2. The number of unbranched alkanes of at least 4 members (excludes halogenated alkanes) is 1. The second-order valence-corrected chi connectivity index (χ2v) is 5.02. The van der Waals surface area contributed by atoms with Crippen LogP contribution in [-0.4, -0.2) is 17.4 Å². The van der Waals surface area contributed by atoms with Crippen LogP contribution >= 0.6 is 11.6 Å². The van der Waals surface area contributed by atoms with Crippen LogP contribution in [-0.2, 0) is 17.8 Å². The topological polar surface area (TPSA) is 20.3 Å². The van der Waals surface area contributed by atoms with Gasteiger partial charge in [-0.15, -0.1) is 0 Å². The zero-order chi connectivity index (χ0) is 12.3. The Morgan fingerprint density at radius 2 is 2.24 bits per heavy atom. The normalized spacial score (nSPS) is 14.6. The first-order valence-corrected chi connectivity index (χ1v) is 6.63. The number of rotatable bonds is 3. The summed E-state index contributed by atoms with van der Waals surface area (Å²) in [5.74, 6) is 0.275. The molecule has 3 heteroatoms. The number of amides is 1. The zero-order valence-corrected chi connectivity index (χ0v) is 11.0. The van der Waals surface area contributed by atoms with E-state index in [1.54, 1.807) is 0 Å². The fourth-order valence-corrected chi connectivity index (χ4v) is 2.42. The smallest absolute Gasteiger partial charge is 0.222 e. The van der Waals surface area contributed by atoms with Crippen LogP contribution in [0.5, 0.6) is 0 Å². The van der Waals surface area contributed by atoms with E-state index in [2.05, 4.69) is 13.0 Å². The van der Waals surface area contributed by atoms with E-state index in [-0.39, 0.29) is 5.91 Å². The highest BCUT2D eigenvalue weighted by Gasteiger charge is 2.20. The second-order valence-electron chi connectivity index (χ2n) is 4.58. The summed E-state index contributed by atoms with van der Waals surface area (Å²) < 4.78 is 0. The first kappa shape index (κ1) is 12.4. The van der Waals surface area contributed by atoms with Crippen molar-refractivity contribution in [2.45, 2.75) is 39.2 Å². The van der Waals surface area contributed by atoms with Gasteiger partial charge in [0.25, 0.3) is 0 Å². The molecule has 0 saturated heterocycles. The van der Waals surface area contributed by atoms with E-state index in [0.717, 1.165) is 37.4 Å². The van der Waals surface area contributed by atoms with Gasteiger partial charge in [0.2, 0.25) is 5.91 Å². The Morgan fingerprint density at radius 3 is 3.00 bits per heavy atom. The highest BCUT2D eigenvalue weighted by Crippen LogP contribution is 2.23. The van der Waals surface area contributed by atoms with Gasteiger partial charge in [0.1, 0.15) is 0 Å². The van der Waals surface area contributed by atoms with Gasteiger partial charge in [-0.25, -0.2) is 0 Å². The molecule has 2 rings (SSSR count). The van der Waals surface area contributed by atoms with Crippen LogP contribution in [0.25, 0.3) is 0 Å². The van der Waals surface area contributed by atoms with Crippen LogP contribution in [0.4, 0.5) is 0 Å². The lowest BCUT2D eigenvalue weighted by Crippen LogP contribution is -2.35. The summed E-state index contributed by atoms with van der Waals surface area (Å²) in [4.78, 5) is 13.9. The molecule has 1 aliphatic rings. The van der Waals surface area contributed by atoms with Crippen molar-refractivity contribution in [1.29, 1.82) is 0 Å². The van der Waals surface area contributed by atoms with E-state index >= 15 is 0 Å². The summed E-state index contributed by atoms with van der Waals surface area (Å²) in [6, 6.07) is 5.98. The molecule has 0 bridgehead atoms. The van der Waals surface area contributed by atoms with Crippen LogP contribution in [0, 0.1) is 0 Å². The molecule has 0 aliphatic carbocycles. The van der Waals surface area contributed by atoms with Gasteiger partial charge >= 0.3 is 0 Å². The van der Waals surface area contributed by atoms with Crippen molar-refractivity contribution in [3.63, 3.8) is 0 Å². The average molecular weight is 252 g/mol. The number of hydrogen-bond donors (Lipinski definition) is 0. The minimum atomic E-state index is 0.275. The molecular weight excluding hydrogens is 234 g/mol. The summed E-state index contributed by atoms with van der Waals surface area (Å²) in [7, 11) is 0. The summed E-state index contributed by atoms with van der Waals surface area (Å²) >= 11 is 5.98. The summed E-state index contributed by atoms with van der Waals surface area (Å²) in [5, 5.41) is 0.756. The van der Waals surface area contributed by atoms with Gasteiger partial charge in [0.05, 0.1) is 0 Å². The Bertz CT molecular complexity index is 417. The van der Waals surface area contributed by atoms with Gasteiger partial charge in [-0.1, -0.05) is 31.0 Å². The Balaban J connectivity index is 2.04. The molecule has 1 aromatic rings. The van der Waals surface area contributed by atoms with E-state index in [9.17, 15) is 4.79 Å². The van der Waals surface area contributed by atoms with Crippen LogP contribution in [0.1, 0.15) is 37.3 Å². The summed E-state index contributed by atoms with van der Waals surface area (Å²) in [6.07, 6.45) is 3.68. The maximum absolute atomic E-state index is 11.9. The highest BCUT2D eigenvalue weighted by atomic mass is 35.5. The monoisotopic (exact) mass is 251 g/mol. The van der Waals surface area contributed by atoms with Crippen molar-refractivity contribution in [2.75, 3.05) is 6.54 Å². The molecule has 1 amide bonds. The van der Waals surface area contributed by atoms with E-state index in [4.69, 9.17) is 11.6 Å². The van der Waals surface area contributed by atoms with Crippen LogP contribution < -0.4 is 0 Å². The molecule has 0 spiro atoms. The van der Waals surface area contributed by atoms with E-state index < -0.39 is 0 Å². The van der Waals surface area contributed by atoms with Crippen molar-refractivity contribution < 1.29 is 4.79 Å². The number of nitrogens with zero attached hydrogens (tertiary/aromatic N) is 1. The Hall–Kier alpha value is -1.02. The molecule has 92 valence electrons. The van der Waals surface area contributed by atoms with Crippen molar-refractivity contribution in [1.82, 2.24) is 4.90 Å². The maximum Gasteiger partial charge on any atom is 0.222 e. The quantitative estimate of drug-likeness (QED) is 0.806. The predicted molar refractivity (Wildman–Crippen MR) is 70.1 cm³/mol. The fourth-order valence-electron chi connectivity index (χ4n) is 2.22. The van der Waals surface area contributed by atoms with Crippen molar-refractivity contribution in [3.05, 3.63) is 34.3 Å². The van der Waals surface area contributed by atoms with Gasteiger partial charge in [-0.3, -0.25) is 4.79 Å². The molecule has 0 unspecified atom stereocenters. The van der Waals surface area contributed by atoms with Gasteiger partial charge < -0.3 is 4.90 Å². The fraction of sp³-hybridized carbons (Fsp3) is 0.500. The molecule has 1 aliphatic heterocycles. The minimum absolute atomic E-state index is 0.275. The molecule has 0 aromatic heterocycles. The third kappa shape index (κ3) is 3.01. The lowest BCUT2D eigenvalue weighted by atomic mass is 9.99. The molecule has 0 radical (unpaired) electrons. The van der Waals surface area contributed by atoms with Gasteiger partial charge in [0, 0.05) is 24.5 Å². The third-order valence-corrected chi connectivity index (χ3v) is 3.51. The number of benzene rings is 1. The molecule has 0 fully saturated rings. The van der Waals surface area contributed by atoms with Crippen LogP contribution in [0.2, 0.25) is 5.02 Å². The van der Waals surface area contributed by atoms with Crippen molar-refractivity contribution in [3.8, 4) is 0 Å². The van der Waals surface area contributed by atoms with Crippen LogP contribution in [0.3, 0.4) is 0 Å².